The van der Waals surface area contributed by atoms with Gasteiger partial charge in [-0.1, -0.05) is 30.7 Å². The predicted molar refractivity (Wildman–Crippen MR) is 80.0 cm³/mol. The molecule has 0 bridgehead atoms. The lowest BCUT2D eigenvalue weighted by molar-refractivity contribution is 0.177. The molecule has 0 atom stereocenters. The van der Waals surface area contributed by atoms with Crippen LogP contribution in [0.2, 0.25) is 0 Å². The highest BCUT2D eigenvalue weighted by atomic mass is 16.5. The number of rotatable bonds is 11. The zero-order chi connectivity index (χ0) is 13.6. The standard InChI is InChI=1S/C15H30N2O/c1-5-8-15(9-7-14-18-6-2)10-12-17(4)13-11-16-3/h7-9,16H,5-6,10-14H2,1-4H3/b9-7-,15-8+. The summed E-state index contributed by atoms with van der Waals surface area (Å²) >= 11 is 0. The summed E-state index contributed by atoms with van der Waals surface area (Å²) in [6.45, 7) is 8.94. The molecule has 0 saturated heterocycles. The molecule has 0 aliphatic rings. The van der Waals surface area contributed by atoms with Crippen LogP contribution in [-0.4, -0.2) is 51.8 Å². The molecule has 3 heteroatoms. The van der Waals surface area contributed by atoms with Crippen molar-refractivity contribution in [3.05, 3.63) is 23.8 Å². The third kappa shape index (κ3) is 10.5. The Labute approximate surface area is 113 Å². The maximum Gasteiger partial charge on any atom is 0.0650 e. The van der Waals surface area contributed by atoms with Gasteiger partial charge in [0.1, 0.15) is 0 Å². The number of nitrogens with zero attached hydrogens (tertiary/aromatic N) is 1. The molecule has 0 aliphatic carbocycles. The van der Waals surface area contributed by atoms with Crippen molar-refractivity contribution in [1.29, 1.82) is 0 Å². The van der Waals surface area contributed by atoms with Crippen LogP contribution in [0.4, 0.5) is 0 Å². The third-order valence-corrected chi connectivity index (χ3v) is 2.74. The minimum atomic E-state index is 0.715. The Morgan fingerprint density at radius 3 is 2.67 bits per heavy atom. The van der Waals surface area contributed by atoms with Gasteiger partial charge in [0.05, 0.1) is 6.61 Å². The van der Waals surface area contributed by atoms with Gasteiger partial charge in [-0.2, -0.15) is 0 Å². The van der Waals surface area contributed by atoms with Gasteiger partial charge in [-0.15, -0.1) is 0 Å². The predicted octanol–water partition coefficient (Wildman–Crippen LogP) is 2.46. The summed E-state index contributed by atoms with van der Waals surface area (Å²) in [7, 11) is 4.16. The van der Waals surface area contributed by atoms with Crippen LogP contribution in [0.25, 0.3) is 0 Å². The molecule has 18 heavy (non-hydrogen) atoms. The summed E-state index contributed by atoms with van der Waals surface area (Å²) in [5.41, 5.74) is 1.41. The molecular weight excluding hydrogens is 224 g/mol. The molecule has 0 heterocycles. The second-order valence-electron chi connectivity index (χ2n) is 4.41. The van der Waals surface area contributed by atoms with E-state index in [0.29, 0.717) is 6.61 Å². The van der Waals surface area contributed by atoms with Gasteiger partial charge < -0.3 is 15.0 Å². The Hall–Kier alpha value is -0.640. The van der Waals surface area contributed by atoms with E-state index in [1.54, 1.807) is 0 Å². The summed E-state index contributed by atoms with van der Waals surface area (Å²) in [5.74, 6) is 0. The summed E-state index contributed by atoms with van der Waals surface area (Å²) in [4.78, 5) is 2.36. The molecular formula is C15H30N2O. The van der Waals surface area contributed by atoms with Crippen molar-refractivity contribution >= 4 is 0 Å². The average molecular weight is 254 g/mol. The molecule has 0 fully saturated rings. The molecule has 0 unspecified atom stereocenters. The minimum Gasteiger partial charge on any atom is -0.378 e. The van der Waals surface area contributed by atoms with E-state index in [4.69, 9.17) is 4.74 Å². The monoisotopic (exact) mass is 254 g/mol. The van der Waals surface area contributed by atoms with E-state index in [9.17, 15) is 0 Å². The molecule has 0 rings (SSSR count). The minimum absolute atomic E-state index is 0.715. The van der Waals surface area contributed by atoms with Crippen molar-refractivity contribution in [3.8, 4) is 0 Å². The van der Waals surface area contributed by atoms with Crippen LogP contribution in [0.1, 0.15) is 26.7 Å². The van der Waals surface area contributed by atoms with E-state index >= 15 is 0 Å². The third-order valence-electron chi connectivity index (χ3n) is 2.74. The van der Waals surface area contributed by atoms with E-state index in [1.807, 2.05) is 14.0 Å². The first kappa shape index (κ1) is 17.4. The van der Waals surface area contributed by atoms with Crippen molar-refractivity contribution in [2.24, 2.45) is 0 Å². The summed E-state index contributed by atoms with van der Waals surface area (Å²) in [6.07, 6.45) is 8.81. The van der Waals surface area contributed by atoms with Crippen LogP contribution in [-0.2, 0) is 4.74 Å². The first-order chi connectivity index (χ1) is 8.74. The van der Waals surface area contributed by atoms with E-state index in [1.165, 1.54) is 5.57 Å². The fraction of sp³-hybridized carbons (Fsp3) is 0.733. The highest BCUT2D eigenvalue weighted by Crippen LogP contribution is 2.06. The maximum absolute atomic E-state index is 5.31. The average Bonchev–Trinajstić information content (AvgIpc) is 2.38. The molecule has 0 amide bonds. The fourth-order valence-electron chi connectivity index (χ4n) is 1.64. The molecule has 0 aromatic carbocycles. The smallest absolute Gasteiger partial charge is 0.0650 e. The van der Waals surface area contributed by atoms with Crippen LogP contribution in [0.3, 0.4) is 0 Å². The van der Waals surface area contributed by atoms with Gasteiger partial charge in [0, 0.05) is 26.2 Å². The highest BCUT2D eigenvalue weighted by Gasteiger charge is 1.98. The largest absolute Gasteiger partial charge is 0.378 e. The van der Waals surface area contributed by atoms with Crippen LogP contribution in [0.5, 0.6) is 0 Å². The SMILES string of the molecule is CC/C=C(\C=C/COCC)CCN(C)CCNC. The molecule has 106 valence electrons. The van der Waals surface area contributed by atoms with Crippen LogP contribution < -0.4 is 5.32 Å². The molecule has 1 N–H and O–H groups in total. The van der Waals surface area contributed by atoms with E-state index in [0.717, 1.165) is 39.1 Å². The lowest BCUT2D eigenvalue weighted by atomic mass is 10.1. The summed E-state index contributed by atoms with van der Waals surface area (Å²) < 4.78 is 5.31. The Morgan fingerprint density at radius 2 is 2.06 bits per heavy atom. The number of hydrogen-bond acceptors (Lipinski definition) is 3. The Balaban J connectivity index is 3.96. The van der Waals surface area contributed by atoms with Crippen LogP contribution >= 0.6 is 0 Å². The van der Waals surface area contributed by atoms with Gasteiger partial charge in [-0.3, -0.25) is 0 Å². The zero-order valence-corrected chi connectivity index (χ0v) is 12.5. The summed E-state index contributed by atoms with van der Waals surface area (Å²) in [6, 6.07) is 0. The fourth-order valence-corrected chi connectivity index (χ4v) is 1.64. The molecule has 0 radical (unpaired) electrons. The highest BCUT2D eigenvalue weighted by molar-refractivity contribution is 5.18. The molecule has 3 nitrogen and oxygen atoms in total. The Kier molecular flexibility index (Phi) is 12.4. The van der Waals surface area contributed by atoms with Gasteiger partial charge in [-0.05, 0) is 33.9 Å². The number of nitrogens with one attached hydrogen (secondary N) is 1. The molecule has 0 aromatic rings. The van der Waals surface area contributed by atoms with Gasteiger partial charge in [0.2, 0.25) is 0 Å². The quantitative estimate of drug-likeness (QED) is 0.453. The Morgan fingerprint density at radius 1 is 1.28 bits per heavy atom. The van der Waals surface area contributed by atoms with Crippen molar-refractivity contribution in [2.75, 3.05) is 46.9 Å². The van der Waals surface area contributed by atoms with Gasteiger partial charge in [0.25, 0.3) is 0 Å². The lowest BCUT2D eigenvalue weighted by Gasteiger charge is -2.16. The maximum atomic E-state index is 5.31. The Bertz CT molecular complexity index is 237. The van der Waals surface area contributed by atoms with E-state index < -0.39 is 0 Å². The number of hydrogen-bond donors (Lipinski definition) is 1. The van der Waals surface area contributed by atoms with E-state index in [-0.39, 0.29) is 0 Å². The van der Waals surface area contributed by atoms with Crippen molar-refractivity contribution in [1.82, 2.24) is 10.2 Å². The number of likely N-dealkylation sites (N-methyl/N-ethyl adjacent to an activating group) is 2. The zero-order valence-electron chi connectivity index (χ0n) is 12.5. The molecule has 0 spiro atoms. The van der Waals surface area contributed by atoms with Gasteiger partial charge in [-0.25, -0.2) is 0 Å². The van der Waals surface area contributed by atoms with Crippen molar-refractivity contribution in [3.63, 3.8) is 0 Å². The number of ether oxygens (including phenoxy) is 1. The normalized spacial score (nSPS) is 12.8. The summed E-state index contributed by atoms with van der Waals surface area (Å²) in [5, 5.41) is 3.17. The van der Waals surface area contributed by atoms with E-state index in [2.05, 4.69) is 42.4 Å². The first-order valence-electron chi connectivity index (χ1n) is 7.01. The first-order valence-corrected chi connectivity index (χ1v) is 7.01. The lowest BCUT2D eigenvalue weighted by Crippen LogP contribution is -2.28. The van der Waals surface area contributed by atoms with Crippen molar-refractivity contribution in [2.45, 2.75) is 26.7 Å². The van der Waals surface area contributed by atoms with Crippen LogP contribution in [0, 0.1) is 0 Å². The topological polar surface area (TPSA) is 24.5 Å². The van der Waals surface area contributed by atoms with Crippen molar-refractivity contribution < 1.29 is 4.74 Å². The van der Waals surface area contributed by atoms with Gasteiger partial charge >= 0.3 is 0 Å². The van der Waals surface area contributed by atoms with Gasteiger partial charge in [0.15, 0.2) is 0 Å². The second kappa shape index (κ2) is 12.8. The van der Waals surface area contributed by atoms with Crippen LogP contribution in [0.15, 0.2) is 23.8 Å². The molecule has 0 aromatic heterocycles. The number of allylic oxidation sites excluding steroid dienone is 2. The molecule has 0 aliphatic heterocycles. The second-order valence-corrected chi connectivity index (χ2v) is 4.41. The molecule has 0 saturated carbocycles.